The molecule has 1 aromatic heterocycles. The quantitative estimate of drug-likeness (QED) is 0.0551. The number of nitrogens with two attached hydrogens (primary N) is 2. The fraction of sp³-hybridized carbons (Fsp3) is 0.485. The van der Waals surface area contributed by atoms with Crippen LogP contribution in [0.2, 0.25) is 0 Å². The molecule has 1 saturated heterocycles. The summed E-state index contributed by atoms with van der Waals surface area (Å²) in [5.41, 5.74) is 13.3. The second-order valence-corrected chi connectivity index (χ2v) is 26.0. The number of carboxylic acid groups (broad SMARTS) is 2. The summed E-state index contributed by atoms with van der Waals surface area (Å²) in [5.74, 6) is -17.5. The molecular weight excluding hydrogens is 1310 g/mol. The van der Waals surface area contributed by atoms with Crippen molar-refractivity contribution >= 4 is 82.8 Å². The summed E-state index contributed by atoms with van der Waals surface area (Å²) < 4.78 is 0. The smallest absolute Gasteiger partial charge is 0.326 e. The number of rotatable bonds is 17. The van der Waals surface area contributed by atoms with Crippen molar-refractivity contribution in [3.8, 4) is 11.5 Å². The van der Waals surface area contributed by atoms with Crippen molar-refractivity contribution in [2.75, 3.05) is 0 Å². The predicted molar refractivity (Wildman–Crippen MR) is 362 cm³/mol. The van der Waals surface area contributed by atoms with Gasteiger partial charge in [-0.05, 0) is 84.9 Å². The number of nitrogens with zero attached hydrogens (tertiary/aromatic N) is 1. The number of benzene rings is 3. The van der Waals surface area contributed by atoms with E-state index in [1.165, 1.54) is 68.0 Å². The first-order valence-corrected chi connectivity index (χ1v) is 33.1. The first-order chi connectivity index (χ1) is 47.7. The van der Waals surface area contributed by atoms with Gasteiger partial charge in [-0.3, -0.25) is 62.3 Å². The van der Waals surface area contributed by atoms with Gasteiger partial charge in [0, 0.05) is 37.6 Å². The number of aliphatic carboxylic acids is 2. The fourth-order valence-corrected chi connectivity index (χ4v) is 10.8. The number of H-pyrrole nitrogens is 1. The van der Waals surface area contributed by atoms with Gasteiger partial charge in [0.25, 0.3) is 0 Å². The van der Waals surface area contributed by atoms with Crippen LogP contribution in [-0.4, -0.2) is 186 Å². The number of hydrogen-bond acceptors (Lipinski definition) is 18. The molecule has 101 heavy (non-hydrogen) atoms. The molecule has 33 nitrogen and oxygen atoms in total. The molecule has 5 rings (SSSR count). The third kappa shape index (κ3) is 26.7. The maximum Gasteiger partial charge on any atom is 0.326 e. The number of carbonyl (C=O) groups excluding carboxylic acids is 12. The number of carboxylic acids is 2. The molecule has 20 N–H and O–H groups in total. The second-order valence-electron chi connectivity index (χ2n) is 26.0. The van der Waals surface area contributed by atoms with E-state index in [1.54, 1.807) is 71.9 Å². The van der Waals surface area contributed by atoms with Crippen molar-refractivity contribution in [2.45, 2.75) is 192 Å². The highest BCUT2D eigenvalue weighted by Gasteiger charge is 2.39. The average Bonchev–Trinajstić information content (AvgIpc) is 1.32. The summed E-state index contributed by atoms with van der Waals surface area (Å²) in [6.07, 6.45) is -0.951. The molecule has 0 unspecified atom stereocenters. The Hall–Kier alpha value is -11.0. The molecule has 1 fully saturated rings. The van der Waals surface area contributed by atoms with Crippen molar-refractivity contribution in [1.82, 2.24) is 68.5 Å². The van der Waals surface area contributed by atoms with Crippen LogP contribution in [0.5, 0.6) is 11.5 Å². The molecule has 33 heteroatoms. The van der Waals surface area contributed by atoms with Crippen molar-refractivity contribution in [2.24, 2.45) is 29.2 Å². The Bertz CT molecular complexity index is 3540. The monoisotopic (exact) mass is 1410 g/mol. The van der Waals surface area contributed by atoms with E-state index in [4.69, 9.17) is 11.5 Å². The molecule has 548 valence electrons. The Morgan fingerprint density at radius 1 is 0.465 bits per heavy atom. The number of phenolic OH excluding ortho intramolecular Hbond substituents is 2. The number of aromatic nitrogens is 2. The van der Waals surface area contributed by atoms with Crippen LogP contribution < -0.4 is 70.0 Å². The van der Waals surface area contributed by atoms with Crippen LogP contribution in [0, 0.1) is 17.8 Å². The highest BCUT2D eigenvalue weighted by atomic mass is 16.4. The molecule has 12 atom stereocenters. The van der Waals surface area contributed by atoms with E-state index in [0.717, 1.165) is 0 Å². The van der Waals surface area contributed by atoms with Gasteiger partial charge in [-0.25, -0.2) is 9.78 Å². The first kappa shape index (κ1) is 80.7. The molecule has 1 aliphatic heterocycles. The number of hydrogen-bond donors (Lipinski definition) is 18. The molecular formula is C68H93N15O18. The van der Waals surface area contributed by atoms with Crippen molar-refractivity contribution in [3.05, 3.63) is 114 Å². The van der Waals surface area contributed by atoms with Gasteiger partial charge in [-0.15, -0.1) is 0 Å². The van der Waals surface area contributed by atoms with E-state index in [9.17, 15) is 87.5 Å². The van der Waals surface area contributed by atoms with Crippen molar-refractivity contribution in [1.29, 1.82) is 0 Å². The topological polar surface area (TPSA) is 533 Å². The SMILES string of the molecule is CC(C)C[C@@H]1NC(=O)[C@H](Cc2ccc(O)cc2)NC(=O)[C@H](CC(=O)O)NC(=O)[C@H](Cc2ccc(O)cc2)NC(=O)[C@H](CC(N)=O)NC(=O)[C@H](Cc2cnc[nH]2)NC(=O)[C@H](C)NC(=O)[C@H](Cc2ccccc2)NC(=O)[C@H](C(C)C)NC(=O)[C@@H](N)CCCC[C@@H](C(=O)O)NC(=O)[C@H](C(C)C)NC1=O. The third-order valence-corrected chi connectivity index (χ3v) is 16.4. The highest BCUT2D eigenvalue weighted by Crippen LogP contribution is 2.18. The zero-order valence-corrected chi connectivity index (χ0v) is 57.2. The number of carbonyl (C=O) groups is 14. The fourth-order valence-electron chi connectivity index (χ4n) is 10.8. The molecule has 0 spiro atoms. The van der Waals surface area contributed by atoms with Crippen molar-refractivity contribution in [3.63, 3.8) is 0 Å². The molecule has 4 aromatic rings. The largest absolute Gasteiger partial charge is 0.508 e. The van der Waals surface area contributed by atoms with Gasteiger partial charge >= 0.3 is 11.9 Å². The maximum atomic E-state index is 14.7. The van der Waals surface area contributed by atoms with Crippen LogP contribution in [0.15, 0.2) is 91.4 Å². The molecule has 0 saturated carbocycles. The normalized spacial score (nSPS) is 24.6. The molecule has 0 radical (unpaired) electrons. The summed E-state index contributed by atoms with van der Waals surface area (Å²) in [6, 6.07) is -0.0573. The van der Waals surface area contributed by atoms with E-state index in [-0.39, 0.29) is 73.6 Å². The van der Waals surface area contributed by atoms with Gasteiger partial charge in [-0.2, -0.15) is 0 Å². The minimum absolute atomic E-state index is 0.0265. The summed E-state index contributed by atoms with van der Waals surface area (Å²) in [4.78, 5) is 203. The molecule has 0 aliphatic carbocycles. The van der Waals surface area contributed by atoms with Crippen LogP contribution >= 0.6 is 0 Å². The highest BCUT2D eigenvalue weighted by molar-refractivity contribution is 6.01. The number of primary amides is 1. The van der Waals surface area contributed by atoms with E-state index in [2.05, 4.69) is 68.5 Å². The van der Waals surface area contributed by atoms with Gasteiger partial charge in [0.1, 0.15) is 78.0 Å². The predicted octanol–water partition coefficient (Wildman–Crippen LogP) is -1.86. The molecule has 0 bridgehead atoms. The average molecular weight is 1410 g/mol. The Morgan fingerprint density at radius 3 is 1.32 bits per heavy atom. The van der Waals surface area contributed by atoms with Crippen molar-refractivity contribution < 1.29 is 87.5 Å². The van der Waals surface area contributed by atoms with E-state index in [1.807, 2.05) is 0 Å². The van der Waals surface area contributed by atoms with Crippen LogP contribution in [0.3, 0.4) is 0 Å². The maximum absolute atomic E-state index is 14.7. The number of nitrogens with one attached hydrogen (secondary N) is 12. The number of amides is 12. The van der Waals surface area contributed by atoms with Gasteiger partial charge < -0.3 is 95.4 Å². The Kier molecular flexibility index (Phi) is 31.1. The zero-order chi connectivity index (χ0) is 74.8. The lowest BCUT2D eigenvalue weighted by atomic mass is 9.98. The zero-order valence-electron chi connectivity index (χ0n) is 57.2. The van der Waals surface area contributed by atoms with Crippen LogP contribution in [0.25, 0.3) is 0 Å². The van der Waals surface area contributed by atoms with Crippen LogP contribution in [-0.2, 0) is 92.8 Å². The van der Waals surface area contributed by atoms with E-state index in [0.29, 0.717) is 11.1 Å². The minimum Gasteiger partial charge on any atom is -0.508 e. The summed E-state index contributed by atoms with van der Waals surface area (Å²) in [7, 11) is 0. The first-order valence-electron chi connectivity index (χ1n) is 33.1. The molecule has 12 amide bonds. The minimum atomic E-state index is -2.07. The second kappa shape index (κ2) is 39.0. The Balaban J connectivity index is 1.58. The number of aromatic amines is 1. The van der Waals surface area contributed by atoms with Gasteiger partial charge in [-0.1, -0.05) is 109 Å². The van der Waals surface area contributed by atoms with Crippen LogP contribution in [0.4, 0.5) is 0 Å². The Morgan fingerprint density at radius 2 is 0.861 bits per heavy atom. The number of imidazole rings is 1. The molecule has 3 aromatic carbocycles. The summed E-state index contributed by atoms with van der Waals surface area (Å²) in [6.45, 7) is 11.1. The standard InChI is InChI=1S/C68H93N15O18/c1-34(2)25-46-65(97)83-56(36(5)6)66(98)74-45(68(100)101)16-12-11-15-44(69)58(90)82-55(35(3)4)67(99)81-47(26-38-13-9-8-10-14-38)59(91)73-37(7)57(89)75-50(29-41-32-71-33-72-41)62(94)79-51(30-53(70)86)63(95)77-49(28-40-19-23-43(85)24-20-40)61(93)80-52(31-54(87)88)64(96)78-48(60(92)76-46)27-39-17-21-42(84)22-18-39/h8-10,13-14,17-24,32-37,44-52,55-56,84-85H,11-12,15-16,25-31,69H2,1-7H3,(H2,70,86)(H,71,72)(H,73,91)(H,74,98)(H,75,89)(H,76,92)(H,77,95)(H,78,96)(H,79,94)(H,80,93)(H,81,99)(H,82,90)(H,83,97)(H,87,88)(H,100,101)/t37-,44-,45-,46-,47-,48-,49-,50-,51-,52-,55-,56-/m0/s1. The molecule has 2 heterocycles. The van der Waals surface area contributed by atoms with Gasteiger partial charge in [0.05, 0.1) is 25.2 Å². The number of aromatic hydroxyl groups is 2. The lowest BCUT2D eigenvalue weighted by Crippen LogP contribution is -2.62. The number of phenols is 2. The third-order valence-electron chi connectivity index (χ3n) is 16.4. The Labute approximate surface area is 582 Å². The van der Waals surface area contributed by atoms with E-state index >= 15 is 0 Å². The lowest BCUT2D eigenvalue weighted by molar-refractivity contribution is -0.143. The van der Waals surface area contributed by atoms with E-state index < -0.39 is 193 Å². The molecule has 1 aliphatic rings. The lowest BCUT2D eigenvalue weighted by Gasteiger charge is -2.29. The van der Waals surface area contributed by atoms with Crippen LogP contribution in [0.1, 0.15) is 116 Å². The van der Waals surface area contributed by atoms with Gasteiger partial charge in [0.2, 0.25) is 70.9 Å². The summed E-state index contributed by atoms with van der Waals surface area (Å²) >= 11 is 0. The summed E-state index contributed by atoms with van der Waals surface area (Å²) in [5, 5.41) is 68.4. The van der Waals surface area contributed by atoms with Gasteiger partial charge in [0.15, 0.2) is 0 Å².